The zero-order valence-electron chi connectivity index (χ0n) is 14.1. The van der Waals surface area contributed by atoms with E-state index in [0.717, 1.165) is 29.6 Å². The topological polar surface area (TPSA) is 60.7 Å². The number of carboxylic acid groups (broad SMARTS) is 1. The first kappa shape index (κ1) is 16.9. The van der Waals surface area contributed by atoms with Crippen molar-refractivity contribution in [3.8, 4) is 11.5 Å². The Labute approximate surface area is 146 Å². The highest BCUT2D eigenvalue weighted by atomic mass is 16.5. The number of carboxylic acids is 1. The molecule has 3 rings (SSSR count). The van der Waals surface area contributed by atoms with Crippen LogP contribution in [0.1, 0.15) is 12.0 Å². The van der Waals surface area contributed by atoms with Crippen LogP contribution in [0.25, 0.3) is 10.9 Å². The fraction of sp³-hybridized carbons (Fsp3) is 0.250. The molecule has 0 aliphatic carbocycles. The van der Waals surface area contributed by atoms with Crippen molar-refractivity contribution in [2.75, 3.05) is 13.2 Å². The lowest BCUT2D eigenvalue weighted by Crippen LogP contribution is -2.09. The van der Waals surface area contributed by atoms with Crippen LogP contribution in [0, 0.1) is 6.92 Å². The van der Waals surface area contributed by atoms with E-state index >= 15 is 0 Å². The van der Waals surface area contributed by atoms with Crippen molar-refractivity contribution in [2.24, 2.45) is 0 Å². The third-order valence-corrected chi connectivity index (χ3v) is 3.91. The molecule has 0 saturated carbocycles. The summed E-state index contributed by atoms with van der Waals surface area (Å²) in [4.78, 5) is 10.6. The fourth-order valence-corrected chi connectivity index (χ4v) is 2.72. The Morgan fingerprint density at radius 3 is 2.72 bits per heavy atom. The van der Waals surface area contributed by atoms with Crippen molar-refractivity contribution >= 4 is 16.9 Å². The minimum Gasteiger partial charge on any atom is -0.494 e. The molecule has 0 aliphatic rings. The molecule has 0 fully saturated rings. The molecule has 0 aliphatic heterocycles. The highest BCUT2D eigenvalue weighted by molar-refractivity contribution is 5.81. The van der Waals surface area contributed by atoms with Crippen LogP contribution in [-0.2, 0) is 11.3 Å². The highest BCUT2D eigenvalue weighted by Gasteiger charge is 2.05. The number of hydrogen-bond acceptors (Lipinski definition) is 3. The first-order chi connectivity index (χ1) is 12.1. The smallest absolute Gasteiger partial charge is 0.341 e. The largest absolute Gasteiger partial charge is 0.494 e. The summed E-state index contributed by atoms with van der Waals surface area (Å²) in [6.07, 6.45) is 2.90. The lowest BCUT2D eigenvalue weighted by atomic mass is 10.2. The third kappa shape index (κ3) is 4.53. The Morgan fingerprint density at radius 1 is 1.08 bits per heavy atom. The van der Waals surface area contributed by atoms with Crippen LogP contribution in [0.2, 0.25) is 0 Å². The molecule has 2 aromatic carbocycles. The molecule has 130 valence electrons. The van der Waals surface area contributed by atoms with E-state index in [0.29, 0.717) is 12.4 Å². The predicted molar refractivity (Wildman–Crippen MR) is 96.4 cm³/mol. The number of rotatable bonds is 8. The van der Waals surface area contributed by atoms with Gasteiger partial charge in [0.15, 0.2) is 6.61 Å². The Morgan fingerprint density at radius 2 is 1.92 bits per heavy atom. The Balaban J connectivity index is 1.59. The molecule has 0 amide bonds. The molecular weight excluding hydrogens is 318 g/mol. The minimum absolute atomic E-state index is 0.337. The van der Waals surface area contributed by atoms with E-state index in [2.05, 4.69) is 4.57 Å². The first-order valence-corrected chi connectivity index (χ1v) is 8.25. The van der Waals surface area contributed by atoms with E-state index in [1.165, 1.54) is 5.56 Å². The Bertz CT molecular complexity index is 869. The van der Waals surface area contributed by atoms with Crippen LogP contribution in [0.15, 0.2) is 54.7 Å². The number of ether oxygens (including phenoxy) is 2. The van der Waals surface area contributed by atoms with Gasteiger partial charge in [0.1, 0.15) is 11.5 Å². The molecular formula is C20H21NO4. The molecule has 1 N–H and O–H groups in total. The molecule has 0 atom stereocenters. The summed E-state index contributed by atoms with van der Waals surface area (Å²) in [7, 11) is 0. The quantitative estimate of drug-likeness (QED) is 0.633. The number of aliphatic carboxylic acids is 1. The SMILES string of the molecule is Cc1cccc(OCCCn2ccc3ccc(OCC(=O)O)cc32)c1. The van der Waals surface area contributed by atoms with Gasteiger partial charge in [0, 0.05) is 18.8 Å². The van der Waals surface area contributed by atoms with Crippen LogP contribution in [-0.4, -0.2) is 28.9 Å². The molecule has 0 unspecified atom stereocenters. The summed E-state index contributed by atoms with van der Waals surface area (Å²) in [5.74, 6) is 0.469. The Kier molecular flexibility index (Phi) is 5.23. The van der Waals surface area contributed by atoms with Crippen molar-refractivity contribution in [1.82, 2.24) is 4.57 Å². The zero-order valence-corrected chi connectivity index (χ0v) is 14.1. The van der Waals surface area contributed by atoms with Gasteiger partial charge in [-0.15, -0.1) is 0 Å². The maximum absolute atomic E-state index is 10.6. The van der Waals surface area contributed by atoms with Crippen LogP contribution < -0.4 is 9.47 Å². The van der Waals surface area contributed by atoms with E-state index in [-0.39, 0.29) is 6.61 Å². The van der Waals surface area contributed by atoms with Crippen molar-refractivity contribution < 1.29 is 19.4 Å². The van der Waals surface area contributed by atoms with Crippen molar-refractivity contribution in [3.63, 3.8) is 0 Å². The average Bonchev–Trinajstić information content (AvgIpc) is 2.99. The maximum atomic E-state index is 10.6. The van der Waals surface area contributed by atoms with Crippen LogP contribution in [0.5, 0.6) is 11.5 Å². The number of fused-ring (bicyclic) bond motifs is 1. The number of benzene rings is 2. The van der Waals surface area contributed by atoms with Crippen LogP contribution >= 0.6 is 0 Å². The zero-order chi connectivity index (χ0) is 17.6. The van der Waals surface area contributed by atoms with Gasteiger partial charge in [-0.25, -0.2) is 4.79 Å². The molecule has 5 heteroatoms. The summed E-state index contributed by atoms with van der Waals surface area (Å²) in [5, 5.41) is 9.81. The first-order valence-electron chi connectivity index (χ1n) is 8.25. The summed E-state index contributed by atoms with van der Waals surface area (Å²) >= 11 is 0. The lowest BCUT2D eigenvalue weighted by molar-refractivity contribution is -0.139. The number of aryl methyl sites for hydroxylation is 2. The number of nitrogens with zero attached hydrogens (tertiary/aromatic N) is 1. The predicted octanol–water partition coefficient (Wildman–Crippen LogP) is 3.88. The summed E-state index contributed by atoms with van der Waals surface area (Å²) in [6, 6.07) is 15.7. The molecule has 0 spiro atoms. The maximum Gasteiger partial charge on any atom is 0.341 e. The highest BCUT2D eigenvalue weighted by Crippen LogP contribution is 2.22. The van der Waals surface area contributed by atoms with Gasteiger partial charge in [0.2, 0.25) is 0 Å². The lowest BCUT2D eigenvalue weighted by Gasteiger charge is -2.09. The van der Waals surface area contributed by atoms with Gasteiger partial charge in [0.05, 0.1) is 12.1 Å². The molecule has 1 aromatic heterocycles. The standard InChI is InChI=1S/C20H21NO4/c1-15-4-2-5-17(12-15)24-11-3-9-21-10-8-16-6-7-18(13-19(16)21)25-14-20(22)23/h2,4-8,10,12-13H,3,9,11,14H2,1H3,(H,22,23). The molecule has 0 saturated heterocycles. The second kappa shape index (κ2) is 7.75. The number of hydrogen-bond donors (Lipinski definition) is 1. The summed E-state index contributed by atoms with van der Waals surface area (Å²) < 4.78 is 13.2. The Hall–Kier alpha value is -2.95. The summed E-state index contributed by atoms with van der Waals surface area (Å²) in [6.45, 7) is 3.16. The van der Waals surface area contributed by atoms with Crippen LogP contribution in [0.3, 0.4) is 0 Å². The second-order valence-corrected chi connectivity index (χ2v) is 5.93. The van der Waals surface area contributed by atoms with Gasteiger partial charge in [0.25, 0.3) is 0 Å². The van der Waals surface area contributed by atoms with Gasteiger partial charge >= 0.3 is 5.97 Å². The van der Waals surface area contributed by atoms with Crippen molar-refractivity contribution in [2.45, 2.75) is 19.9 Å². The molecule has 5 nitrogen and oxygen atoms in total. The fourth-order valence-electron chi connectivity index (χ4n) is 2.72. The molecule has 0 radical (unpaired) electrons. The van der Waals surface area contributed by atoms with E-state index in [1.807, 2.05) is 55.6 Å². The monoisotopic (exact) mass is 339 g/mol. The minimum atomic E-state index is -0.983. The summed E-state index contributed by atoms with van der Waals surface area (Å²) in [5.41, 5.74) is 2.21. The van der Waals surface area contributed by atoms with E-state index < -0.39 is 5.97 Å². The normalized spacial score (nSPS) is 10.8. The van der Waals surface area contributed by atoms with Gasteiger partial charge in [-0.2, -0.15) is 0 Å². The van der Waals surface area contributed by atoms with Gasteiger partial charge in [-0.1, -0.05) is 12.1 Å². The van der Waals surface area contributed by atoms with Crippen molar-refractivity contribution in [1.29, 1.82) is 0 Å². The van der Waals surface area contributed by atoms with Gasteiger partial charge in [-0.05, 0) is 54.6 Å². The molecule has 1 heterocycles. The number of carbonyl (C=O) groups is 1. The molecule has 3 aromatic rings. The molecule has 25 heavy (non-hydrogen) atoms. The average molecular weight is 339 g/mol. The van der Waals surface area contributed by atoms with E-state index in [9.17, 15) is 4.79 Å². The van der Waals surface area contributed by atoms with Crippen LogP contribution in [0.4, 0.5) is 0 Å². The van der Waals surface area contributed by atoms with Crippen molar-refractivity contribution in [3.05, 3.63) is 60.3 Å². The van der Waals surface area contributed by atoms with E-state index in [4.69, 9.17) is 14.6 Å². The van der Waals surface area contributed by atoms with Gasteiger partial charge < -0.3 is 19.1 Å². The van der Waals surface area contributed by atoms with Gasteiger partial charge in [-0.3, -0.25) is 0 Å². The van der Waals surface area contributed by atoms with E-state index in [1.54, 1.807) is 6.07 Å². The second-order valence-electron chi connectivity index (χ2n) is 5.93. The third-order valence-electron chi connectivity index (χ3n) is 3.91. The number of aromatic nitrogens is 1. The molecule has 0 bridgehead atoms.